The van der Waals surface area contributed by atoms with E-state index in [4.69, 9.17) is 8.83 Å². The lowest BCUT2D eigenvalue weighted by molar-refractivity contribution is 0.656. The van der Waals surface area contributed by atoms with Crippen LogP contribution in [-0.4, -0.2) is 0 Å². The van der Waals surface area contributed by atoms with E-state index >= 15 is 0 Å². The summed E-state index contributed by atoms with van der Waals surface area (Å²) in [6, 6.07) is 63.7. The van der Waals surface area contributed by atoms with Crippen LogP contribution in [0.3, 0.4) is 0 Å². The van der Waals surface area contributed by atoms with Crippen molar-refractivity contribution in [1.82, 2.24) is 0 Å². The van der Waals surface area contributed by atoms with E-state index in [1.807, 2.05) is 0 Å². The summed E-state index contributed by atoms with van der Waals surface area (Å²) in [6.07, 6.45) is 0. The van der Waals surface area contributed by atoms with Gasteiger partial charge in [-0.05, 0) is 154 Å². The Kier molecular flexibility index (Phi) is 8.71. The second-order valence-corrected chi connectivity index (χ2v) is 17.1. The summed E-state index contributed by atoms with van der Waals surface area (Å²) < 4.78 is 13.3. The maximum Gasteiger partial charge on any atom is 0.139 e. The molecule has 0 bridgehead atoms. The lowest BCUT2D eigenvalue weighted by Gasteiger charge is -2.28. The van der Waals surface area contributed by atoms with Gasteiger partial charge in [-0.1, -0.05) is 100 Å². The highest BCUT2D eigenvalue weighted by molar-refractivity contribution is 6.18. The van der Waals surface area contributed by atoms with Crippen molar-refractivity contribution < 1.29 is 8.83 Å². The van der Waals surface area contributed by atoms with E-state index in [9.17, 15) is 0 Å². The predicted molar refractivity (Wildman–Crippen MR) is 258 cm³/mol. The molecule has 0 amide bonds. The van der Waals surface area contributed by atoms with Crippen molar-refractivity contribution in [2.45, 2.75) is 46.5 Å². The molecule has 0 fully saturated rings. The Hall–Kier alpha value is -7.30. The van der Waals surface area contributed by atoms with Gasteiger partial charge in [0.1, 0.15) is 22.3 Å². The third kappa shape index (κ3) is 6.38. The molecule has 0 aliphatic carbocycles. The molecule has 2 aromatic heterocycles. The van der Waals surface area contributed by atoms with Gasteiger partial charge in [-0.15, -0.1) is 0 Å². The van der Waals surface area contributed by atoms with Gasteiger partial charge < -0.3 is 18.6 Å². The maximum atomic E-state index is 6.64. The van der Waals surface area contributed by atoms with Crippen LogP contribution in [0.1, 0.15) is 56.2 Å². The molecule has 0 unspecified atom stereocenters. The predicted octanol–water partition coefficient (Wildman–Crippen LogP) is 17.3. The molecule has 11 rings (SSSR count). The molecule has 0 atom stereocenters. The van der Waals surface area contributed by atoms with Gasteiger partial charge in [0, 0.05) is 61.7 Å². The van der Waals surface area contributed by atoms with Crippen LogP contribution in [0, 0.1) is 6.92 Å². The Morgan fingerprint density at radius 3 is 1.39 bits per heavy atom. The summed E-state index contributed by atoms with van der Waals surface area (Å²) in [7, 11) is 0. The van der Waals surface area contributed by atoms with Crippen molar-refractivity contribution in [2.75, 3.05) is 9.80 Å². The lowest BCUT2D eigenvalue weighted by atomic mass is 9.99. The minimum Gasteiger partial charge on any atom is -0.456 e. The molecule has 2 heterocycles. The summed E-state index contributed by atoms with van der Waals surface area (Å²) >= 11 is 0. The van der Waals surface area contributed by atoms with Gasteiger partial charge in [0.15, 0.2) is 0 Å². The standard InChI is InChI=1S/C57H46N2O2/c1-35(2)38-13-12-18-46(25-38)58(44-14-8-6-9-15-44)47-23-21-40-28-49-51-33-52-50-29-41-22-24-48(59(45-16-10-7-11-17-45)53-30-39(36(3)4)20-19-37(53)5)27-43(41)32-55(50)61-57(52)34-56(51)60-54(49)31-42(40)26-47/h6-36H,1-5H3. The third-order valence-electron chi connectivity index (χ3n) is 12.4. The molecule has 9 aromatic carbocycles. The first-order valence-corrected chi connectivity index (χ1v) is 21.4. The number of hydrogen-bond donors (Lipinski definition) is 0. The summed E-state index contributed by atoms with van der Waals surface area (Å²) in [6.45, 7) is 11.2. The fourth-order valence-corrected chi connectivity index (χ4v) is 9.06. The Morgan fingerprint density at radius 2 is 0.820 bits per heavy atom. The normalized spacial score (nSPS) is 12.0. The summed E-state index contributed by atoms with van der Waals surface area (Å²) in [5, 5.41) is 8.94. The maximum absolute atomic E-state index is 6.64. The number of benzene rings is 9. The first kappa shape index (κ1) is 36.8. The average Bonchev–Trinajstić information content (AvgIpc) is 3.80. The van der Waals surface area contributed by atoms with E-state index in [0.29, 0.717) is 11.8 Å². The van der Waals surface area contributed by atoms with Gasteiger partial charge in [-0.3, -0.25) is 0 Å². The van der Waals surface area contributed by atoms with Gasteiger partial charge in [-0.2, -0.15) is 0 Å². The Labute approximate surface area is 355 Å². The first-order valence-electron chi connectivity index (χ1n) is 21.4. The number of aryl methyl sites for hydroxylation is 1. The van der Waals surface area contributed by atoms with Crippen molar-refractivity contribution in [3.05, 3.63) is 193 Å². The van der Waals surface area contributed by atoms with Crippen LogP contribution in [0.15, 0.2) is 185 Å². The van der Waals surface area contributed by atoms with E-state index in [2.05, 4.69) is 220 Å². The zero-order valence-corrected chi connectivity index (χ0v) is 35.1. The summed E-state index contributed by atoms with van der Waals surface area (Å²) in [5.74, 6) is 0.862. The molecular weight excluding hydrogens is 745 g/mol. The van der Waals surface area contributed by atoms with Crippen LogP contribution in [-0.2, 0) is 0 Å². The minimum atomic E-state index is 0.429. The lowest BCUT2D eigenvalue weighted by Crippen LogP contribution is -2.12. The Morgan fingerprint density at radius 1 is 0.344 bits per heavy atom. The number of fused-ring (bicyclic) bond motifs is 8. The SMILES string of the molecule is Cc1ccc(C(C)C)cc1N(c1ccccc1)c1ccc2cc3c(cc2c1)oc1cc2oc4cc5cc(N(c6ccccc6)c6cccc(C(C)C)c6)ccc5cc4c2cc13. The fourth-order valence-electron chi connectivity index (χ4n) is 9.06. The number of rotatable bonds is 8. The molecule has 0 saturated heterocycles. The molecule has 0 radical (unpaired) electrons. The monoisotopic (exact) mass is 790 g/mol. The van der Waals surface area contributed by atoms with Gasteiger partial charge in [0.25, 0.3) is 0 Å². The number of anilines is 6. The molecule has 0 aliphatic heterocycles. The highest BCUT2D eigenvalue weighted by atomic mass is 16.3. The van der Waals surface area contributed by atoms with Gasteiger partial charge in [0.05, 0.1) is 0 Å². The van der Waals surface area contributed by atoms with Crippen LogP contribution in [0.5, 0.6) is 0 Å². The summed E-state index contributed by atoms with van der Waals surface area (Å²) in [4.78, 5) is 4.71. The second-order valence-electron chi connectivity index (χ2n) is 17.1. The van der Waals surface area contributed by atoms with Crippen molar-refractivity contribution in [2.24, 2.45) is 0 Å². The van der Waals surface area contributed by atoms with E-state index in [1.54, 1.807) is 0 Å². The molecule has 4 heteroatoms. The minimum absolute atomic E-state index is 0.429. The Balaban J connectivity index is 1.00. The molecule has 296 valence electrons. The zero-order chi connectivity index (χ0) is 41.4. The van der Waals surface area contributed by atoms with Gasteiger partial charge >= 0.3 is 0 Å². The van der Waals surface area contributed by atoms with Crippen LogP contribution < -0.4 is 9.80 Å². The third-order valence-corrected chi connectivity index (χ3v) is 12.4. The van der Waals surface area contributed by atoms with Crippen LogP contribution in [0.2, 0.25) is 0 Å². The highest BCUT2D eigenvalue weighted by Gasteiger charge is 2.20. The van der Waals surface area contributed by atoms with Crippen LogP contribution >= 0.6 is 0 Å². The number of nitrogens with zero attached hydrogens (tertiary/aromatic N) is 2. The molecular formula is C57H46N2O2. The van der Waals surface area contributed by atoms with Crippen molar-refractivity contribution in [1.29, 1.82) is 0 Å². The van der Waals surface area contributed by atoms with Crippen molar-refractivity contribution in [3.63, 3.8) is 0 Å². The van der Waals surface area contributed by atoms with Gasteiger partial charge in [-0.25, -0.2) is 0 Å². The van der Waals surface area contributed by atoms with Gasteiger partial charge in [0.2, 0.25) is 0 Å². The van der Waals surface area contributed by atoms with Crippen LogP contribution in [0.25, 0.3) is 65.4 Å². The van der Waals surface area contributed by atoms with E-state index in [-0.39, 0.29) is 0 Å². The van der Waals surface area contributed by atoms with Crippen LogP contribution in [0.4, 0.5) is 34.1 Å². The highest BCUT2D eigenvalue weighted by Crippen LogP contribution is 2.43. The Bertz CT molecular complexity index is 3450. The zero-order valence-electron chi connectivity index (χ0n) is 35.1. The van der Waals surface area contributed by atoms with Crippen molar-refractivity contribution in [3.8, 4) is 0 Å². The number of furan rings is 2. The molecule has 0 spiro atoms. The molecule has 0 saturated carbocycles. The average molecular weight is 791 g/mol. The van der Waals surface area contributed by atoms with E-state index in [0.717, 1.165) is 88.5 Å². The topological polar surface area (TPSA) is 32.8 Å². The van der Waals surface area contributed by atoms with E-state index in [1.165, 1.54) is 27.8 Å². The largest absolute Gasteiger partial charge is 0.456 e. The smallest absolute Gasteiger partial charge is 0.139 e. The molecule has 0 N–H and O–H groups in total. The quantitative estimate of drug-likeness (QED) is 0.153. The van der Waals surface area contributed by atoms with E-state index < -0.39 is 0 Å². The fraction of sp³-hybridized carbons (Fsp3) is 0.123. The second kappa shape index (κ2) is 14.5. The number of para-hydroxylation sites is 2. The number of hydrogen-bond acceptors (Lipinski definition) is 4. The molecule has 61 heavy (non-hydrogen) atoms. The molecule has 11 aromatic rings. The van der Waals surface area contributed by atoms with Crippen molar-refractivity contribution >= 4 is 99.5 Å². The first-order chi connectivity index (χ1) is 29.8. The molecule has 0 aliphatic rings. The summed E-state index contributed by atoms with van der Waals surface area (Å²) in [5.41, 5.74) is 14.0. The molecule has 4 nitrogen and oxygen atoms in total.